The van der Waals surface area contributed by atoms with E-state index in [2.05, 4.69) is 20.4 Å². The Hall–Kier alpha value is -1.12. The van der Waals surface area contributed by atoms with Crippen LogP contribution in [-0.2, 0) is 9.59 Å². The third-order valence-corrected chi connectivity index (χ3v) is 2.74. The Labute approximate surface area is 97.5 Å². The van der Waals surface area contributed by atoms with Crippen molar-refractivity contribution in [1.82, 2.24) is 0 Å². The summed E-state index contributed by atoms with van der Waals surface area (Å²) in [5.41, 5.74) is -0.267. The minimum atomic E-state index is -1.06. The smallest absolute Gasteiger partial charge is 0.310 e. The number of carbonyl (C=O) groups excluding carboxylic acids is 1. The van der Waals surface area contributed by atoms with Gasteiger partial charge in [-0.05, 0) is 17.8 Å². The molecule has 3 nitrogen and oxygen atoms in total. The third-order valence-electron chi connectivity index (χ3n) is 2.74. The molecule has 0 radical (unpaired) electrons. The predicted molar refractivity (Wildman–Crippen MR) is 64.3 cm³/mol. The summed E-state index contributed by atoms with van der Waals surface area (Å²) >= 11 is 0. The van der Waals surface area contributed by atoms with E-state index in [9.17, 15) is 9.59 Å². The number of carboxylic acid groups (broad SMARTS) is 1. The number of allylic oxidation sites excluding steroid dienone is 1. The molecule has 1 unspecified atom stereocenters. The molecular formula is C13H22O3. The molecule has 0 heterocycles. The van der Waals surface area contributed by atoms with E-state index in [0.717, 1.165) is 12.8 Å². The van der Waals surface area contributed by atoms with Gasteiger partial charge in [0.15, 0.2) is 0 Å². The highest BCUT2D eigenvalue weighted by Crippen LogP contribution is 2.31. The number of ketones is 1. The van der Waals surface area contributed by atoms with E-state index >= 15 is 0 Å². The van der Waals surface area contributed by atoms with E-state index in [1.54, 1.807) is 6.08 Å². The molecule has 0 aromatic carbocycles. The fourth-order valence-corrected chi connectivity index (χ4v) is 1.56. The molecule has 0 fully saturated rings. The zero-order valence-electron chi connectivity index (χ0n) is 10.5. The Morgan fingerprint density at radius 2 is 2.00 bits per heavy atom. The summed E-state index contributed by atoms with van der Waals surface area (Å²) in [6.45, 7) is 9.96. The molecule has 0 aliphatic carbocycles. The van der Waals surface area contributed by atoms with Gasteiger partial charge in [0.2, 0.25) is 0 Å². The van der Waals surface area contributed by atoms with Gasteiger partial charge in [-0.1, -0.05) is 33.3 Å². The molecule has 0 amide bonds. The van der Waals surface area contributed by atoms with Crippen molar-refractivity contribution in [2.75, 3.05) is 0 Å². The molecule has 0 bridgehead atoms. The highest BCUT2D eigenvalue weighted by Gasteiger charge is 2.24. The molecule has 0 saturated carbocycles. The van der Waals surface area contributed by atoms with Crippen LogP contribution in [0.3, 0.4) is 0 Å². The maximum Gasteiger partial charge on any atom is 0.310 e. The van der Waals surface area contributed by atoms with E-state index in [1.165, 1.54) is 0 Å². The van der Waals surface area contributed by atoms with Gasteiger partial charge in [-0.15, -0.1) is 6.58 Å². The Bertz CT molecular complexity index is 268. The topological polar surface area (TPSA) is 54.4 Å². The summed E-state index contributed by atoms with van der Waals surface area (Å²) in [6, 6.07) is 0. The standard InChI is InChI=1S/C13H22O3/c1-5-13(4,7-6-10(2)3)9-11(14)8-12(15)16/h5,10H,1,6-9H2,2-4H3,(H,15,16). The molecule has 0 aromatic rings. The molecule has 16 heavy (non-hydrogen) atoms. The van der Waals surface area contributed by atoms with Gasteiger partial charge in [-0.3, -0.25) is 9.59 Å². The van der Waals surface area contributed by atoms with E-state index in [1.807, 2.05) is 6.92 Å². The molecule has 0 spiro atoms. The van der Waals surface area contributed by atoms with Crippen LogP contribution in [0.4, 0.5) is 0 Å². The van der Waals surface area contributed by atoms with Crippen LogP contribution in [0.1, 0.15) is 46.5 Å². The Kier molecular flexibility index (Phi) is 6.01. The van der Waals surface area contributed by atoms with Gasteiger partial charge in [0.25, 0.3) is 0 Å². The predicted octanol–water partition coefficient (Wildman–Crippen LogP) is 3.05. The van der Waals surface area contributed by atoms with Gasteiger partial charge >= 0.3 is 5.97 Å². The van der Waals surface area contributed by atoms with Gasteiger partial charge in [0.05, 0.1) is 0 Å². The van der Waals surface area contributed by atoms with E-state index in [4.69, 9.17) is 5.11 Å². The second-order valence-electron chi connectivity index (χ2n) is 5.08. The maximum atomic E-state index is 11.4. The number of aliphatic carboxylic acids is 1. The van der Waals surface area contributed by atoms with Crippen molar-refractivity contribution in [2.24, 2.45) is 11.3 Å². The highest BCUT2D eigenvalue weighted by molar-refractivity contribution is 5.95. The zero-order valence-corrected chi connectivity index (χ0v) is 10.5. The molecule has 92 valence electrons. The summed E-state index contributed by atoms with van der Waals surface area (Å²) in [6.07, 6.45) is 3.55. The van der Waals surface area contributed by atoms with Crippen LogP contribution >= 0.6 is 0 Å². The molecule has 0 aliphatic heterocycles. The monoisotopic (exact) mass is 226 g/mol. The maximum absolute atomic E-state index is 11.4. The number of rotatable bonds is 8. The Balaban J connectivity index is 4.30. The second kappa shape index (κ2) is 6.46. The van der Waals surface area contributed by atoms with E-state index in [0.29, 0.717) is 5.92 Å². The lowest BCUT2D eigenvalue weighted by Crippen LogP contribution is -2.20. The van der Waals surface area contributed by atoms with Crippen LogP contribution in [0.15, 0.2) is 12.7 Å². The molecule has 0 aromatic heterocycles. The zero-order chi connectivity index (χ0) is 12.8. The van der Waals surface area contributed by atoms with Crippen molar-refractivity contribution in [3.63, 3.8) is 0 Å². The van der Waals surface area contributed by atoms with Gasteiger partial charge in [-0.25, -0.2) is 0 Å². The summed E-state index contributed by atoms with van der Waals surface area (Å²) in [5, 5.41) is 8.52. The van der Waals surface area contributed by atoms with Crippen molar-refractivity contribution >= 4 is 11.8 Å². The first kappa shape index (κ1) is 14.9. The van der Waals surface area contributed by atoms with Crippen LogP contribution in [-0.4, -0.2) is 16.9 Å². The number of carboxylic acids is 1. The van der Waals surface area contributed by atoms with Crippen LogP contribution in [0.25, 0.3) is 0 Å². The van der Waals surface area contributed by atoms with Gasteiger partial charge in [0, 0.05) is 6.42 Å². The minimum absolute atomic E-state index is 0.223. The third kappa shape index (κ3) is 6.38. The van der Waals surface area contributed by atoms with E-state index < -0.39 is 5.97 Å². The fraction of sp³-hybridized carbons (Fsp3) is 0.692. The van der Waals surface area contributed by atoms with Crippen LogP contribution in [0.5, 0.6) is 0 Å². The Morgan fingerprint density at radius 3 is 2.38 bits per heavy atom. The van der Waals surface area contributed by atoms with Crippen molar-refractivity contribution in [3.8, 4) is 0 Å². The minimum Gasteiger partial charge on any atom is -0.481 e. The lowest BCUT2D eigenvalue weighted by Gasteiger charge is -2.25. The average Bonchev–Trinajstić information content (AvgIpc) is 2.13. The lowest BCUT2D eigenvalue weighted by molar-refractivity contribution is -0.140. The largest absolute Gasteiger partial charge is 0.481 e. The fourth-order valence-electron chi connectivity index (χ4n) is 1.56. The Morgan fingerprint density at radius 1 is 1.44 bits per heavy atom. The molecule has 3 heteroatoms. The average molecular weight is 226 g/mol. The summed E-state index contributed by atoms with van der Waals surface area (Å²) in [5.74, 6) is -0.701. The normalized spacial score (nSPS) is 14.5. The highest BCUT2D eigenvalue weighted by atomic mass is 16.4. The van der Waals surface area contributed by atoms with Gasteiger partial charge < -0.3 is 5.11 Å². The van der Waals surface area contributed by atoms with Crippen LogP contribution in [0.2, 0.25) is 0 Å². The molecule has 0 rings (SSSR count). The molecule has 1 N–H and O–H groups in total. The first-order valence-electron chi connectivity index (χ1n) is 5.66. The summed E-state index contributed by atoms with van der Waals surface area (Å²) < 4.78 is 0. The number of hydrogen-bond donors (Lipinski definition) is 1. The molecule has 1 atom stereocenters. The summed E-state index contributed by atoms with van der Waals surface area (Å²) in [7, 11) is 0. The van der Waals surface area contributed by atoms with Gasteiger partial charge in [0.1, 0.15) is 12.2 Å². The first-order valence-corrected chi connectivity index (χ1v) is 5.66. The first-order chi connectivity index (χ1) is 7.29. The lowest BCUT2D eigenvalue weighted by atomic mass is 9.79. The second-order valence-corrected chi connectivity index (χ2v) is 5.08. The molecular weight excluding hydrogens is 204 g/mol. The van der Waals surface area contributed by atoms with E-state index in [-0.39, 0.29) is 24.0 Å². The van der Waals surface area contributed by atoms with Crippen molar-refractivity contribution in [2.45, 2.75) is 46.5 Å². The number of Topliss-reactive ketones (excluding diaryl/α,β-unsaturated/α-hetero) is 1. The SMILES string of the molecule is C=CC(C)(CCC(C)C)CC(=O)CC(=O)O. The van der Waals surface area contributed by atoms with Crippen molar-refractivity contribution in [3.05, 3.63) is 12.7 Å². The molecule has 0 aliphatic rings. The quantitative estimate of drug-likeness (QED) is 0.511. The van der Waals surface area contributed by atoms with Gasteiger partial charge in [-0.2, -0.15) is 0 Å². The number of carbonyl (C=O) groups is 2. The number of hydrogen-bond acceptors (Lipinski definition) is 2. The summed E-state index contributed by atoms with van der Waals surface area (Å²) in [4.78, 5) is 21.8. The van der Waals surface area contributed by atoms with Crippen LogP contribution in [0, 0.1) is 11.3 Å². The van der Waals surface area contributed by atoms with Crippen LogP contribution < -0.4 is 0 Å². The van der Waals surface area contributed by atoms with Crippen molar-refractivity contribution in [1.29, 1.82) is 0 Å². The van der Waals surface area contributed by atoms with Crippen molar-refractivity contribution < 1.29 is 14.7 Å². The molecule has 0 saturated heterocycles.